The zero-order valence-electron chi connectivity index (χ0n) is 18.0. The molecule has 0 unspecified atom stereocenters. The smallest absolute Gasteiger partial charge is 0.222 e. The fraction of sp³-hybridized carbons (Fsp3) is 0.318. The van der Waals surface area contributed by atoms with Gasteiger partial charge < -0.3 is 4.90 Å². The number of hydrogen-bond donors (Lipinski definition) is 0. The molecule has 5 rings (SSSR count). The van der Waals surface area contributed by atoms with Crippen LogP contribution in [-0.2, 0) is 17.1 Å². The van der Waals surface area contributed by atoms with Crippen molar-refractivity contribution < 1.29 is 4.79 Å². The van der Waals surface area contributed by atoms with Crippen molar-refractivity contribution in [2.45, 2.75) is 43.1 Å². The molecule has 1 saturated heterocycles. The van der Waals surface area contributed by atoms with Gasteiger partial charge in [0.15, 0.2) is 16.8 Å². The van der Waals surface area contributed by atoms with Crippen molar-refractivity contribution >= 4 is 17.7 Å². The Kier molecular flexibility index (Phi) is 6.38. The fourth-order valence-corrected chi connectivity index (χ4v) is 4.69. The second-order valence-electron chi connectivity index (χ2n) is 7.70. The monoisotopic (exact) mass is 461 g/mol. The number of thioether (sulfide) groups is 1. The number of aromatic nitrogens is 8. The van der Waals surface area contributed by atoms with Crippen molar-refractivity contribution in [1.29, 1.82) is 0 Å². The van der Waals surface area contributed by atoms with Crippen LogP contribution in [0.25, 0.3) is 11.4 Å². The number of nitrogens with zero attached hydrogens (tertiary/aromatic N) is 9. The number of carbonyl (C=O) groups excluding carboxylic acids is 1. The molecule has 0 aliphatic carbocycles. The van der Waals surface area contributed by atoms with E-state index in [0.29, 0.717) is 35.5 Å². The van der Waals surface area contributed by atoms with Crippen molar-refractivity contribution in [3.63, 3.8) is 0 Å². The van der Waals surface area contributed by atoms with Gasteiger partial charge in [0.05, 0.1) is 29.9 Å². The predicted octanol–water partition coefficient (Wildman–Crippen LogP) is 2.83. The molecule has 11 heteroatoms. The first-order valence-electron chi connectivity index (χ1n) is 10.9. The highest BCUT2D eigenvalue weighted by Crippen LogP contribution is 2.26. The quantitative estimate of drug-likeness (QED) is 0.387. The van der Waals surface area contributed by atoms with E-state index in [1.54, 1.807) is 17.1 Å². The summed E-state index contributed by atoms with van der Waals surface area (Å²) in [4.78, 5) is 18.7. The van der Waals surface area contributed by atoms with Crippen molar-refractivity contribution in [2.75, 3.05) is 6.54 Å². The fourth-order valence-electron chi connectivity index (χ4n) is 3.81. The SMILES string of the molecule is O=C1CCCCCN1Cc1nnc(SCc2nnnn2-c2ccccc2)n1-c1cccnc1. The van der Waals surface area contributed by atoms with Crippen molar-refractivity contribution in [3.8, 4) is 11.4 Å². The molecule has 0 bridgehead atoms. The van der Waals surface area contributed by atoms with Gasteiger partial charge >= 0.3 is 0 Å². The average molecular weight is 462 g/mol. The summed E-state index contributed by atoms with van der Waals surface area (Å²) in [7, 11) is 0. The Balaban J connectivity index is 1.41. The standard InChI is InChI=1S/C22H23N9OS/c32-21-11-5-2-6-13-29(21)15-19-24-26-22(30(19)18-10-7-12-23-14-18)33-16-20-25-27-28-31(20)17-8-3-1-4-9-17/h1,3-4,7-10,12,14H,2,5-6,11,13,15-16H2. The minimum atomic E-state index is 0.171. The molecule has 168 valence electrons. The van der Waals surface area contributed by atoms with Gasteiger partial charge in [-0.2, -0.15) is 4.68 Å². The third-order valence-corrected chi connectivity index (χ3v) is 6.40. The van der Waals surface area contributed by atoms with Crippen LogP contribution in [0, 0.1) is 0 Å². The number of hydrogen-bond acceptors (Lipinski definition) is 8. The van der Waals surface area contributed by atoms with Crippen LogP contribution in [0.5, 0.6) is 0 Å². The lowest BCUT2D eigenvalue weighted by Crippen LogP contribution is -2.31. The van der Waals surface area contributed by atoms with Gasteiger partial charge in [-0.1, -0.05) is 36.4 Å². The molecule has 1 aliphatic heterocycles. The second kappa shape index (κ2) is 9.90. The maximum atomic E-state index is 12.6. The number of pyridine rings is 1. The lowest BCUT2D eigenvalue weighted by Gasteiger charge is -2.20. The molecule has 3 aromatic heterocycles. The van der Waals surface area contributed by atoms with Gasteiger partial charge in [0.1, 0.15) is 0 Å². The van der Waals surface area contributed by atoms with Gasteiger partial charge in [-0.25, -0.2) is 0 Å². The number of carbonyl (C=O) groups is 1. The molecule has 0 saturated carbocycles. The highest BCUT2D eigenvalue weighted by molar-refractivity contribution is 7.98. The van der Waals surface area contributed by atoms with Gasteiger partial charge in [0.25, 0.3) is 0 Å². The Labute approximate surface area is 195 Å². The van der Waals surface area contributed by atoms with E-state index in [0.717, 1.165) is 37.2 Å². The maximum Gasteiger partial charge on any atom is 0.222 e. The van der Waals surface area contributed by atoms with Crippen LogP contribution in [0.1, 0.15) is 37.3 Å². The second-order valence-corrected chi connectivity index (χ2v) is 8.65. The Hall–Kier alpha value is -3.60. The first-order chi connectivity index (χ1) is 16.3. The Morgan fingerprint density at radius 1 is 0.909 bits per heavy atom. The molecule has 1 aliphatic rings. The summed E-state index contributed by atoms with van der Waals surface area (Å²) < 4.78 is 3.68. The largest absolute Gasteiger partial charge is 0.335 e. The van der Waals surface area contributed by atoms with Gasteiger partial charge in [-0.05, 0) is 47.5 Å². The minimum absolute atomic E-state index is 0.171. The van der Waals surface area contributed by atoms with Crippen molar-refractivity contribution in [2.24, 2.45) is 0 Å². The Bertz CT molecular complexity index is 1210. The third-order valence-electron chi connectivity index (χ3n) is 5.47. The van der Waals surface area contributed by atoms with Crippen LogP contribution < -0.4 is 0 Å². The summed E-state index contributed by atoms with van der Waals surface area (Å²) in [6.07, 6.45) is 7.12. The molecule has 1 fully saturated rings. The first-order valence-corrected chi connectivity index (χ1v) is 11.9. The van der Waals surface area contributed by atoms with Crippen LogP contribution in [0.3, 0.4) is 0 Å². The number of likely N-dealkylation sites (tertiary alicyclic amines) is 1. The zero-order chi connectivity index (χ0) is 22.5. The maximum absolute atomic E-state index is 12.6. The zero-order valence-corrected chi connectivity index (χ0v) is 18.8. The molecular weight excluding hydrogens is 438 g/mol. The van der Waals surface area contributed by atoms with E-state index in [4.69, 9.17) is 0 Å². The van der Waals surface area contributed by atoms with Gasteiger partial charge in [0, 0.05) is 19.2 Å². The lowest BCUT2D eigenvalue weighted by atomic mass is 10.2. The lowest BCUT2D eigenvalue weighted by molar-refractivity contribution is -0.131. The van der Waals surface area contributed by atoms with E-state index in [9.17, 15) is 4.79 Å². The summed E-state index contributed by atoms with van der Waals surface area (Å²) in [6.45, 7) is 1.16. The van der Waals surface area contributed by atoms with E-state index >= 15 is 0 Å². The summed E-state index contributed by atoms with van der Waals surface area (Å²) in [5.41, 5.74) is 1.75. The van der Waals surface area contributed by atoms with Gasteiger partial charge in [-0.15, -0.1) is 15.3 Å². The molecule has 33 heavy (non-hydrogen) atoms. The minimum Gasteiger partial charge on any atom is -0.335 e. The van der Waals surface area contributed by atoms with Gasteiger partial charge in [-0.3, -0.25) is 14.3 Å². The molecule has 0 spiro atoms. The van der Waals surface area contributed by atoms with Crippen LogP contribution in [0.4, 0.5) is 0 Å². The molecule has 4 aromatic rings. The summed E-state index contributed by atoms with van der Waals surface area (Å²) in [5.74, 6) is 2.09. The molecule has 1 aromatic carbocycles. The highest BCUT2D eigenvalue weighted by Gasteiger charge is 2.22. The van der Waals surface area contributed by atoms with E-state index in [1.807, 2.05) is 51.9 Å². The summed E-state index contributed by atoms with van der Waals surface area (Å²) >= 11 is 1.49. The average Bonchev–Trinajstić information content (AvgIpc) is 3.44. The molecule has 4 heterocycles. The third kappa shape index (κ3) is 4.77. The number of rotatable bonds is 7. The highest BCUT2D eigenvalue weighted by atomic mass is 32.2. The van der Waals surface area contributed by atoms with Crippen molar-refractivity contribution in [1.82, 2.24) is 44.9 Å². The topological polar surface area (TPSA) is 108 Å². The molecule has 10 nitrogen and oxygen atoms in total. The number of tetrazole rings is 1. The van der Waals surface area contributed by atoms with Crippen molar-refractivity contribution in [3.05, 3.63) is 66.5 Å². The Morgan fingerprint density at radius 3 is 2.64 bits per heavy atom. The summed E-state index contributed by atoms with van der Waals surface area (Å²) in [6, 6.07) is 13.6. The number of para-hydroxylation sites is 1. The first kappa shape index (κ1) is 21.3. The number of benzene rings is 1. The van der Waals surface area contributed by atoms with Crippen LogP contribution in [0.15, 0.2) is 60.0 Å². The van der Waals surface area contributed by atoms with Crippen LogP contribution in [-0.4, -0.2) is 57.3 Å². The van der Waals surface area contributed by atoms with Crippen LogP contribution >= 0.6 is 11.8 Å². The van der Waals surface area contributed by atoms with E-state index in [-0.39, 0.29) is 5.91 Å². The van der Waals surface area contributed by atoms with Crippen LogP contribution in [0.2, 0.25) is 0 Å². The number of amides is 1. The molecule has 0 radical (unpaired) electrons. The van der Waals surface area contributed by atoms with Gasteiger partial charge in [0.2, 0.25) is 5.91 Å². The normalized spacial score (nSPS) is 14.4. The molecule has 1 amide bonds. The molecule has 0 atom stereocenters. The Morgan fingerprint density at radius 2 is 1.79 bits per heavy atom. The van der Waals surface area contributed by atoms with E-state index in [1.165, 1.54) is 11.8 Å². The molecule has 0 N–H and O–H groups in total. The van der Waals surface area contributed by atoms with E-state index in [2.05, 4.69) is 30.7 Å². The molecular formula is C22H23N9OS. The summed E-state index contributed by atoms with van der Waals surface area (Å²) in [5, 5.41) is 21.7. The van der Waals surface area contributed by atoms with E-state index < -0.39 is 0 Å². The predicted molar refractivity (Wildman–Crippen MR) is 122 cm³/mol.